The van der Waals surface area contributed by atoms with Gasteiger partial charge in [-0.1, -0.05) is 12.2 Å². The lowest BCUT2D eigenvalue weighted by Crippen LogP contribution is -2.38. The minimum Gasteiger partial charge on any atom is -0.431 e. The minimum absolute atomic E-state index is 0.00558. The number of nitrogens with zero attached hydrogens (tertiary/aromatic N) is 7. The molecule has 9 atom stereocenters. The van der Waals surface area contributed by atoms with Crippen LogP contribution in [0.4, 0.5) is 10.6 Å². The fraction of sp³-hybridized carbons (Fsp3) is 0.556. The second-order valence-electron chi connectivity index (χ2n) is 12.0. The van der Waals surface area contributed by atoms with E-state index in [1.54, 1.807) is 4.57 Å². The molecule has 4 aliphatic heterocycles. The Morgan fingerprint density at radius 3 is 2.67 bits per heavy atom. The molecular formula is C27H32N9O11PS. The number of hydrogen-bond donors (Lipinski definition) is 5. The zero-order chi connectivity index (χ0) is 34.0. The van der Waals surface area contributed by atoms with E-state index >= 15 is 0 Å². The van der Waals surface area contributed by atoms with Crippen molar-refractivity contribution in [2.45, 2.75) is 68.5 Å². The highest BCUT2D eigenvalue weighted by Crippen LogP contribution is 2.57. The van der Waals surface area contributed by atoms with Crippen LogP contribution in [0.5, 0.6) is 0 Å². The van der Waals surface area contributed by atoms with E-state index < -0.39 is 80.8 Å². The molecular weight excluding hydrogens is 689 g/mol. The topological polar surface area (TPSA) is 251 Å². The molecule has 20 nitrogen and oxygen atoms in total. The van der Waals surface area contributed by atoms with Crippen LogP contribution < -0.4 is 16.6 Å². The summed E-state index contributed by atoms with van der Waals surface area (Å²) in [5.74, 6) is 0.655. The maximum absolute atomic E-state index is 13.6. The van der Waals surface area contributed by atoms with E-state index in [9.17, 15) is 24.4 Å². The molecule has 4 aliphatic rings. The van der Waals surface area contributed by atoms with Crippen LogP contribution in [0.1, 0.15) is 24.4 Å². The number of nitrogens with two attached hydrogens (primary N) is 1. The van der Waals surface area contributed by atoms with E-state index in [0.29, 0.717) is 11.5 Å². The third-order valence-corrected chi connectivity index (χ3v) is 10.6. The van der Waals surface area contributed by atoms with E-state index in [1.807, 2.05) is 6.20 Å². The molecule has 0 amide bonds. The Morgan fingerprint density at radius 1 is 1.00 bits per heavy atom. The van der Waals surface area contributed by atoms with Gasteiger partial charge in [0.05, 0.1) is 18.3 Å². The largest absolute Gasteiger partial charge is 0.508 e. The van der Waals surface area contributed by atoms with Gasteiger partial charge in [0, 0.05) is 25.8 Å². The van der Waals surface area contributed by atoms with Crippen molar-refractivity contribution in [3.63, 3.8) is 0 Å². The number of aliphatic hydroxyl groups excluding tert-OH is 2. The van der Waals surface area contributed by atoms with Crippen molar-refractivity contribution in [3.8, 4) is 0 Å². The van der Waals surface area contributed by atoms with Gasteiger partial charge in [-0.05, 0) is 18.4 Å². The standard InChI is InChI=1S/C27H32N9O11PS/c28-3-5-34-10-33-23-16(24(34)39)32-11-36(23)26-20-17(37)13(44-26)8-43-48(41,49)47-19-14(7-42-27(40)46-20)45-25(18(19)38)35-6-12-2-1-4-29-21-15(12)22(35)31-9-30-21/h6,9-11,13-14,17-20,25-26,37-38H,1-5,7-8,28H2,(H,41,49)(H,29,30,31)/t13-,14-,17-,18-,19-,20-,25-,26-,48?/m1/s1. The number of fused-ring (bicyclic) bond motifs is 4. The highest BCUT2D eigenvalue weighted by atomic mass is 32.7. The summed E-state index contributed by atoms with van der Waals surface area (Å²) in [6.07, 6.45) is -4.39. The third kappa shape index (κ3) is 5.68. The van der Waals surface area contributed by atoms with Crippen LogP contribution in [0.3, 0.4) is 0 Å². The van der Waals surface area contributed by atoms with Crippen LogP contribution in [-0.4, -0.2) is 113 Å². The molecule has 5 N–H and O–H groups in total. The number of aryl methyl sites for hydroxylation is 1. The number of nitrogens with one attached hydrogen (secondary N) is 1. The zero-order valence-electron chi connectivity index (χ0n) is 25.5. The molecule has 8 rings (SSSR count). The number of anilines is 1. The predicted molar refractivity (Wildman–Crippen MR) is 169 cm³/mol. The molecule has 262 valence electrons. The van der Waals surface area contributed by atoms with Crippen molar-refractivity contribution in [2.75, 3.05) is 31.6 Å². The molecule has 1 unspecified atom stereocenters. The van der Waals surface area contributed by atoms with Gasteiger partial charge in [0.15, 0.2) is 29.7 Å². The van der Waals surface area contributed by atoms with Crippen LogP contribution in [-0.2, 0) is 45.5 Å². The van der Waals surface area contributed by atoms with Crippen molar-refractivity contribution in [1.29, 1.82) is 0 Å². The molecule has 22 heteroatoms. The number of rotatable bonds is 4. The van der Waals surface area contributed by atoms with Gasteiger partial charge < -0.3 is 44.8 Å². The first-order chi connectivity index (χ1) is 23.6. The summed E-state index contributed by atoms with van der Waals surface area (Å²) in [6, 6.07) is 0. The fourth-order valence-corrected chi connectivity index (χ4v) is 8.15. The molecule has 0 radical (unpaired) electrons. The first-order valence-electron chi connectivity index (χ1n) is 15.5. The van der Waals surface area contributed by atoms with Crippen molar-refractivity contribution in [2.24, 2.45) is 5.73 Å². The van der Waals surface area contributed by atoms with Gasteiger partial charge in [0.1, 0.15) is 61.2 Å². The minimum atomic E-state index is -4.29. The summed E-state index contributed by atoms with van der Waals surface area (Å²) in [5, 5.41) is 26.7. The average Bonchev–Trinajstić information content (AvgIpc) is 3.78. The van der Waals surface area contributed by atoms with Gasteiger partial charge in [0.2, 0.25) is 0 Å². The molecule has 8 heterocycles. The van der Waals surface area contributed by atoms with Crippen LogP contribution in [0.25, 0.3) is 22.2 Å². The summed E-state index contributed by atoms with van der Waals surface area (Å²) in [7, 11) is 0. The lowest BCUT2D eigenvalue weighted by molar-refractivity contribution is -0.0835. The molecule has 2 bridgehead atoms. The number of cyclic esters (lactones) is 1. The highest BCUT2D eigenvalue weighted by Gasteiger charge is 2.52. The predicted octanol–water partition coefficient (Wildman–Crippen LogP) is -0.154. The highest BCUT2D eigenvalue weighted by molar-refractivity contribution is 8.44. The van der Waals surface area contributed by atoms with Gasteiger partial charge in [-0.3, -0.25) is 23.0 Å². The number of imidazole rings is 1. The van der Waals surface area contributed by atoms with E-state index in [2.05, 4.69) is 37.5 Å². The lowest BCUT2D eigenvalue weighted by Gasteiger charge is -2.25. The molecule has 3 fully saturated rings. The maximum Gasteiger partial charge on any atom is 0.508 e. The number of aromatic nitrogens is 7. The van der Waals surface area contributed by atoms with Crippen LogP contribution in [0.15, 0.2) is 30.0 Å². The Bertz CT molecular complexity index is 2020. The first-order valence-corrected chi connectivity index (χ1v) is 18.2. The maximum atomic E-state index is 13.6. The van der Waals surface area contributed by atoms with Crippen molar-refractivity contribution in [1.82, 2.24) is 33.6 Å². The van der Waals surface area contributed by atoms with E-state index in [4.69, 9.17) is 33.7 Å². The molecule has 4 aromatic rings. The van der Waals surface area contributed by atoms with Gasteiger partial charge in [-0.25, -0.2) is 29.3 Å². The second kappa shape index (κ2) is 12.6. The summed E-state index contributed by atoms with van der Waals surface area (Å²) < 4.78 is 52.2. The van der Waals surface area contributed by atoms with Gasteiger partial charge in [0.25, 0.3) is 5.56 Å². The molecule has 3 saturated heterocycles. The molecule has 0 saturated carbocycles. The molecule has 4 aromatic heterocycles. The Kier molecular flexibility index (Phi) is 8.36. The monoisotopic (exact) mass is 721 g/mol. The fourth-order valence-electron chi connectivity index (χ4n) is 6.66. The number of ether oxygens (including phenoxy) is 4. The van der Waals surface area contributed by atoms with E-state index in [0.717, 1.165) is 30.3 Å². The first kappa shape index (κ1) is 32.5. The summed E-state index contributed by atoms with van der Waals surface area (Å²) in [5.41, 5.74) is 6.65. The average molecular weight is 722 g/mol. The number of carbonyl (C=O) groups excluding carboxylic acids is 1. The normalized spacial score (nSPS) is 33.5. The Hall–Kier alpha value is -3.66. The molecule has 0 spiro atoms. The van der Waals surface area contributed by atoms with E-state index in [1.165, 1.54) is 28.1 Å². The van der Waals surface area contributed by atoms with Gasteiger partial charge in [-0.2, -0.15) is 0 Å². The van der Waals surface area contributed by atoms with Crippen LogP contribution >= 0.6 is 19.0 Å². The van der Waals surface area contributed by atoms with Crippen molar-refractivity contribution >= 4 is 53.2 Å². The Balaban J connectivity index is 1.08. The molecule has 0 aliphatic carbocycles. The molecule has 0 aromatic carbocycles. The lowest BCUT2D eigenvalue weighted by atomic mass is 10.1. The summed E-state index contributed by atoms with van der Waals surface area (Å²) in [4.78, 5) is 43.2. The Labute approximate surface area is 281 Å². The summed E-state index contributed by atoms with van der Waals surface area (Å²) in [6.45, 7) is -4.19. The van der Waals surface area contributed by atoms with Gasteiger partial charge >= 0.3 is 13.0 Å². The molecule has 49 heavy (non-hydrogen) atoms. The van der Waals surface area contributed by atoms with Crippen molar-refractivity contribution < 1.29 is 47.6 Å². The SMILES string of the molecule is NCCn1cnc2c(ncn2[C@@H]2O[C@@H]3COP(=O)(S)O[C@H]4[C@@H](O)[C@H](n5cc6c7c(ncnc75)NCCC6)O[C@@H]4COC(=O)O[C@@H]2[C@@H]3O)c1=O. The Morgan fingerprint density at radius 2 is 1.84 bits per heavy atom. The summed E-state index contributed by atoms with van der Waals surface area (Å²) >= 11 is 4.13. The third-order valence-electron chi connectivity index (χ3n) is 8.95. The van der Waals surface area contributed by atoms with Crippen LogP contribution in [0.2, 0.25) is 0 Å². The number of aliphatic hydroxyl groups is 2. The quantitative estimate of drug-likeness (QED) is 0.104. The number of carbonyl (C=O) groups is 1. The van der Waals surface area contributed by atoms with Crippen LogP contribution in [0, 0.1) is 0 Å². The zero-order valence-corrected chi connectivity index (χ0v) is 27.3. The number of hydrogen-bond acceptors (Lipinski definition) is 17. The smallest absolute Gasteiger partial charge is 0.431 e. The second-order valence-corrected chi connectivity index (χ2v) is 14.8. The van der Waals surface area contributed by atoms with Gasteiger partial charge in [-0.15, -0.1) is 0 Å². The van der Waals surface area contributed by atoms with E-state index in [-0.39, 0.29) is 24.3 Å². The van der Waals surface area contributed by atoms with Crippen molar-refractivity contribution in [3.05, 3.63) is 41.1 Å². The number of thiol groups is 1.